The third-order valence-corrected chi connectivity index (χ3v) is 6.31. The number of rotatable bonds is 10. The lowest BCUT2D eigenvalue weighted by Crippen LogP contribution is -2.31. The summed E-state index contributed by atoms with van der Waals surface area (Å²) in [6.07, 6.45) is 0.553. The Hall–Kier alpha value is -4.10. The summed E-state index contributed by atoms with van der Waals surface area (Å²) in [6, 6.07) is 21.3. The van der Waals surface area contributed by atoms with Crippen LogP contribution in [0.3, 0.4) is 0 Å². The molecule has 7 heteroatoms. The number of benzene rings is 3. The molecule has 1 aliphatic rings. The van der Waals surface area contributed by atoms with Gasteiger partial charge in [0.1, 0.15) is 23.9 Å². The van der Waals surface area contributed by atoms with E-state index in [-0.39, 0.29) is 11.3 Å². The van der Waals surface area contributed by atoms with E-state index < -0.39 is 17.7 Å². The summed E-state index contributed by atoms with van der Waals surface area (Å²) in [5.74, 6) is -0.380. The van der Waals surface area contributed by atoms with Gasteiger partial charge in [0.25, 0.3) is 11.7 Å². The number of amides is 1. The van der Waals surface area contributed by atoms with Gasteiger partial charge < -0.3 is 24.2 Å². The van der Waals surface area contributed by atoms with Crippen molar-refractivity contribution in [1.29, 1.82) is 0 Å². The molecule has 1 aliphatic heterocycles. The highest BCUT2D eigenvalue weighted by Gasteiger charge is 2.45. The molecule has 1 N–H and O–H groups in total. The Bertz CT molecular complexity index is 1300. The Labute approximate surface area is 216 Å². The highest BCUT2D eigenvalue weighted by Crippen LogP contribution is 2.40. The summed E-state index contributed by atoms with van der Waals surface area (Å²) < 4.78 is 16.4. The standard InChI is InChI=1S/C30H31NO6/c1-20-7-4-8-21(17-20)19-37-24-13-11-22(12-14-24)28(32)26-27(23-9-5-10-25(18-23)36-3)31(15-6-16-35-2)30(34)29(26)33/h4-5,7-14,17-18,27,32H,6,15-16,19H2,1-3H3/t27-/m1/s1. The minimum atomic E-state index is -0.746. The molecule has 1 heterocycles. The second-order valence-corrected chi connectivity index (χ2v) is 8.92. The molecule has 0 radical (unpaired) electrons. The maximum absolute atomic E-state index is 13.2. The van der Waals surface area contributed by atoms with Crippen LogP contribution in [-0.2, 0) is 20.9 Å². The van der Waals surface area contributed by atoms with Crippen molar-refractivity contribution in [2.75, 3.05) is 27.4 Å². The molecule has 0 bridgehead atoms. The van der Waals surface area contributed by atoms with Crippen LogP contribution in [0.4, 0.5) is 0 Å². The largest absolute Gasteiger partial charge is 0.507 e. The van der Waals surface area contributed by atoms with E-state index in [9.17, 15) is 14.7 Å². The molecule has 0 aromatic heterocycles. The monoisotopic (exact) mass is 501 g/mol. The van der Waals surface area contributed by atoms with Gasteiger partial charge in [0.15, 0.2) is 0 Å². The first-order valence-corrected chi connectivity index (χ1v) is 12.1. The molecule has 37 heavy (non-hydrogen) atoms. The van der Waals surface area contributed by atoms with Crippen molar-refractivity contribution in [2.24, 2.45) is 0 Å². The summed E-state index contributed by atoms with van der Waals surface area (Å²) in [5, 5.41) is 11.3. The van der Waals surface area contributed by atoms with Gasteiger partial charge in [0, 0.05) is 25.8 Å². The molecule has 1 atom stereocenters. The number of nitrogens with zero attached hydrogens (tertiary/aromatic N) is 1. The first kappa shape index (κ1) is 26.0. The van der Waals surface area contributed by atoms with E-state index in [0.717, 1.165) is 11.1 Å². The number of carbonyl (C=O) groups is 2. The number of likely N-dealkylation sites (tertiary alicyclic amines) is 1. The summed E-state index contributed by atoms with van der Waals surface area (Å²) in [5.41, 5.74) is 3.36. The molecule has 3 aromatic carbocycles. The zero-order valence-corrected chi connectivity index (χ0v) is 21.3. The van der Waals surface area contributed by atoms with Crippen LogP contribution in [0.1, 0.15) is 34.7 Å². The topological polar surface area (TPSA) is 85.3 Å². The number of ketones is 1. The highest BCUT2D eigenvalue weighted by molar-refractivity contribution is 6.46. The molecule has 1 amide bonds. The molecule has 0 unspecified atom stereocenters. The van der Waals surface area contributed by atoms with Crippen LogP contribution in [0.25, 0.3) is 5.76 Å². The van der Waals surface area contributed by atoms with Crippen LogP contribution >= 0.6 is 0 Å². The zero-order chi connectivity index (χ0) is 26.4. The second kappa shape index (κ2) is 11.8. The number of hydrogen-bond donors (Lipinski definition) is 1. The summed E-state index contributed by atoms with van der Waals surface area (Å²) in [4.78, 5) is 27.7. The van der Waals surface area contributed by atoms with E-state index in [4.69, 9.17) is 14.2 Å². The molecular weight excluding hydrogens is 470 g/mol. The number of Topliss-reactive ketones (excluding diaryl/α,β-unsaturated/α-hetero) is 1. The molecule has 192 valence electrons. The van der Waals surface area contributed by atoms with Gasteiger partial charge in [-0.3, -0.25) is 9.59 Å². The van der Waals surface area contributed by atoms with Crippen molar-refractivity contribution in [3.05, 3.63) is 101 Å². The van der Waals surface area contributed by atoms with Gasteiger partial charge in [-0.1, -0.05) is 42.0 Å². The van der Waals surface area contributed by atoms with Crippen molar-refractivity contribution in [1.82, 2.24) is 4.90 Å². The minimum Gasteiger partial charge on any atom is -0.507 e. The zero-order valence-electron chi connectivity index (χ0n) is 21.3. The Morgan fingerprint density at radius 1 is 0.946 bits per heavy atom. The van der Waals surface area contributed by atoms with E-state index in [0.29, 0.717) is 48.8 Å². The predicted molar refractivity (Wildman–Crippen MR) is 140 cm³/mol. The average Bonchev–Trinajstić information content (AvgIpc) is 3.17. The minimum absolute atomic E-state index is 0.0455. The quantitative estimate of drug-likeness (QED) is 0.181. The number of hydrogen-bond acceptors (Lipinski definition) is 6. The van der Waals surface area contributed by atoms with Crippen LogP contribution in [0, 0.1) is 6.92 Å². The van der Waals surface area contributed by atoms with Crippen LogP contribution < -0.4 is 9.47 Å². The molecule has 1 fully saturated rings. The van der Waals surface area contributed by atoms with Crippen molar-refractivity contribution in [3.63, 3.8) is 0 Å². The molecule has 0 aliphatic carbocycles. The first-order valence-electron chi connectivity index (χ1n) is 12.1. The summed E-state index contributed by atoms with van der Waals surface area (Å²) in [6.45, 7) is 3.19. The fourth-order valence-electron chi connectivity index (χ4n) is 4.48. The Balaban J connectivity index is 1.64. The van der Waals surface area contributed by atoms with Gasteiger partial charge in [0.2, 0.25) is 0 Å². The van der Waals surface area contributed by atoms with Gasteiger partial charge in [0.05, 0.1) is 18.7 Å². The van der Waals surface area contributed by atoms with Crippen LogP contribution in [0.15, 0.2) is 78.4 Å². The number of methoxy groups -OCH3 is 2. The summed E-state index contributed by atoms with van der Waals surface area (Å²) in [7, 11) is 3.14. The molecule has 3 aromatic rings. The summed E-state index contributed by atoms with van der Waals surface area (Å²) >= 11 is 0. The maximum Gasteiger partial charge on any atom is 0.295 e. The first-order chi connectivity index (χ1) is 17.9. The van der Waals surface area contributed by atoms with Gasteiger partial charge in [-0.2, -0.15) is 0 Å². The number of carbonyl (C=O) groups excluding carboxylic acids is 2. The van der Waals surface area contributed by atoms with E-state index >= 15 is 0 Å². The number of ether oxygens (including phenoxy) is 3. The lowest BCUT2D eigenvalue weighted by atomic mass is 9.95. The Morgan fingerprint density at radius 2 is 1.70 bits per heavy atom. The molecule has 7 nitrogen and oxygen atoms in total. The van der Waals surface area contributed by atoms with Crippen molar-refractivity contribution >= 4 is 17.4 Å². The van der Waals surface area contributed by atoms with Gasteiger partial charge in [-0.05, 0) is 60.9 Å². The van der Waals surface area contributed by atoms with Gasteiger partial charge in [-0.25, -0.2) is 0 Å². The Morgan fingerprint density at radius 3 is 2.41 bits per heavy atom. The molecule has 4 rings (SSSR count). The normalized spacial score (nSPS) is 16.7. The van der Waals surface area contributed by atoms with Crippen LogP contribution in [0.2, 0.25) is 0 Å². The van der Waals surface area contributed by atoms with Gasteiger partial charge >= 0.3 is 0 Å². The fraction of sp³-hybridized carbons (Fsp3) is 0.267. The molecular formula is C30H31NO6. The maximum atomic E-state index is 13.2. The number of aliphatic hydroxyl groups is 1. The fourth-order valence-corrected chi connectivity index (χ4v) is 4.48. The van der Waals surface area contributed by atoms with E-state index in [1.165, 1.54) is 4.90 Å². The lowest BCUT2D eigenvalue weighted by molar-refractivity contribution is -0.140. The number of aliphatic hydroxyl groups excluding tert-OH is 1. The Kier molecular flexibility index (Phi) is 8.25. The van der Waals surface area contributed by atoms with E-state index in [1.54, 1.807) is 56.7 Å². The predicted octanol–water partition coefficient (Wildman–Crippen LogP) is 5.04. The number of aryl methyl sites for hydroxylation is 1. The third-order valence-electron chi connectivity index (χ3n) is 6.31. The second-order valence-electron chi connectivity index (χ2n) is 8.92. The van der Waals surface area contributed by atoms with Crippen LogP contribution in [-0.4, -0.2) is 49.1 Å². The van der Waals surface area contributed by atoms with Crippen molar-refractivity contribution in [3.8, 4) is 11.5 Å². The van der Waals surface area contributed by atoms with E-state index in [2.05, 4.69) is 6.07 Å². The highest BCUT2D eigenvalue weighted by atomic mass is 16.5. The smallest absolute Gasteiger partial charge is 0.295 e. The molecule has 1 saturated heterocycles. The van der Waals surface area contributed by atoms with E-state index in [1.807, 2.05) is 31.2 Å². The average molecular weight is 502 g/mol. The molecule has 0 saturated carbocycles. The lowest BCUT2D eigenvalue weighted by Gasteiger charge is -2.25. The third kappa shape index (κ3) is 5.84. The van der Waals surface area contributed by atoms with Gasteiger partial charge in [-0.15, -0.1) is 0 Å². The van der Waals surface area contributed by atoms with Crippen molar-refractivity contribution < 1.29 is 28.9 Å². The van der Waals surface area contributed by atoms with Crippen LogP contribution in [0.5, 0.6) is 11.5 Å². The molecule has 0 spiro atoms. The SMILES string of the molecule is COCCCN1C(=O)C(=O)C(=C(O)c2ccc(OCc3cccc(C)c3)cc2)[C@H]1c1cccc(OC)c1. The van der Waals surface area contributed by atoms with Crippen molar-refractivity contribution in [2.45, 2.75) is 26.0 Å².